The number of amides is 1. The normalized spacial score (nSPS) is 21.5. The minimum Gasteiger partial charge on any atom is -0.497 e. The van der Waals surface area contributed by atoms with E-state index in [0.717, 1.165) is 22.2 Å². The van der Waals surface area contributed by atoms with E-state index in [1.54, 1.807) is 7.11 Å². The number of nitrogens with one attached hydrogen (secondary N) is 2. The lowest BCUT2D eigenvalue weighted by Crippen LogP contribution is -2.29. The van der Waals surface area contributed by atoms with Crippen molar-refractivity contribution < 1.29 is 19.4 Å². The number of carboxylic acids is 1. The van der Waals surface area contributed by atoms with Gasteiger partial charge in [-0.3, -0.25) is 9.59 Å². The Kier molecular flexibility index (Phi) is 3.99. The van der Waals surface area contributed by atoms with E-state index in [1.807, 2.05) is 38.2 Å². The van der Waals surface area contributed by atoms with E-state index >= 15 is 0 Å². The van der Waals surface area contributed by atoms with E-state index < -0.39 is 23.2 Å². The topological polar surface area (TPSA) is 91.4 Å². The highest BCUT2D eigenvalue weighted by Crippen LogP contribution is 2.58. The number of aromatic amines is 1. The molecular formula is C18H22N2O4. The van der Waals surface area contributed by atoms with Crippen LogP contribution < -0.4 is 10.1 Å². The van der Waals surface area contributed by atoms with E-state index in [-0.39, 0.29) is 5.91 Å². The van der Waals surface area contributed by atoms with Crippen molar-refractivity contribution in [2.24, 2.45) is 17.3 Å². The third-order valence-corrected chi connectivity index (χ3v) is 5.04. The van der Waals surface area contributed by atoms with Crippen molar-refractivity contribution in [3.63, 3.8) is 0 Å². The van der Waals surface area contributed by atoms with E-state index in [1.165, 1.54) is 0 Å². The summed E-state index contributed by atoms with van der Waals surface area (Å²) in [4.78, 5) is 26.6. The summed E-state index contributed by atoms with van der Waals surface area (Å²) < 4.78 is 5.25. The molecular weight excluding hydrogens is 308 g/mol. The zero-order valence-electron chi connectivity index (χ0n) is 14.1. The van der Waals surface area contributed by atoms with Crippen molar-refractivity contribution in [3.05, 3.63) is 30.0 Å². The van der Waals surface area contributed by atoms with Crippen molar-refractivity contribution in [2.75, 3.05) is 13.7 Å². The number of hydrogen-bond acceptors (Lipinski definition) is 3. The molecule has 0 spiro atoms. The minimum atomic E-state index is -0.899. The fourth-order valence-corrected chi connectivity index (χ4v) is 3.51. The summed E-state index contributed by atoms with van der Waals surface area (Å²) in [6, 6.07) is 5.82. The molecule has 1 fully saturated rings. The number of benzene rings is 1. The molecule has 6 heteroatoms. The summed E-state index contributed by atoms with van der Waals surface area (Å²) in [5.74, 6) is -1.32. The second-order valence-electron chi connectivity index (χ2n) is 6.88. The van der Waals surface area contributed by atoms with Crippen LogP contribution in [0.5, 0.6) is 5.75 Å². The monoisotopic (exact) mass is 330 g/mol. The van der Waals surface area contributed by atoms with Crippen LogP contribution in [-0.2, 0) is 16.0 Å². The van der Waals surface area contributed by atoms with Gasteiger partial charge in [0.2, 0.25) is 5.91 Å². The second kappa shape index (κ2) is 5.85. The van der Waals surface area contributed by atoms with Crippen LogP contribution in [0, 0.1) is 17.3 Å². The number of carbonyl (C=O) groups excluding carboxylic acids is 1. The quantitative estimate of drug-likeness (QED) is 0.757. The van der Waals surface area contributed by atoms with E-state index in [9.17, 15) is 9.59 Å². The molecule has 24 heavy (non-hydrogen) atoms. The standard InChI is InChI=1S/C18H22N2O4/c1-18(2)14(15(18)17(22)23)16(21)19-7-6-10-9-20-13-5-4-11(24-3)8-12(10)13/h4-5,8-9,14-15,20H,6-7H2,1-3H3,(H,19,21)(H,22,23)/t14-,15+/m1/s1. The lowest BCUT2D eigenvalue weighted by atomic mass is 10.1. The van der Waals surface area contributed by atoms with E-state index in [4.69, 9.17) is 9.84 Å². The molecule has 2 aromatic rings. The van der Waals surface area contributed by atoms with Crippen LogP contribution in [-0.4, -0.2) is 35.6 Å². The number of methoxy groups -OCH3 is 1. The van der Waals surface area contributed by atoms with Crippen LogP contribution in [0.3, 0.4) is 0 Å². The molecule has 0 unspecified atom stereocenters. The number of carbonyl (C=O) groups is 2. The zero-order chi connectivity index (χ0) is 17.5. The Bertz CT molecular complexity index is 793. The van der Waals surface area contributed by atoms with Gasteiger partial charge in [0.1, 0.15) is 5.75 Å². The Morgan fingerprint density at radius 1 is 1.33 bits per heavy atom. The van der Waals surface area contributed by atoms with Crippen LogP contribution >= 0.6 is 0 Å². The molecule has 6 nitrogen and oxygen atoms in total. The lowest BCUT2D eigenvalue weighted by molar-refractivity contribution is -0.140. The Morgan fingerprint density at radius 3 is 2.71 bits per heavy atom. The fraction of sp³-hybridized carbons (Fsp3) is 0.444. The van der Waals surface area contributed by atoms with Crippen molar-refractivity contribution in [1.82, 2.24) is 10.3 Å². The van der Waals surface area contributed by atoms with Gasteiger partial charge in [-0.25, -0.2) is 0 Å². The largest absolute Gasteiger partial charge is 0.497 e. The van der Waals surface area contributed by atoms with Gasteiger partial charge < -0.3 is 20.1 Å². The average molecular weight is 330 g/mol. The maximum absolute atomic E-state index is 12.2. The predicted octanol–water partition coefficient (Wildman–Crippen LogP) is 2.19. The van der Waals surface area contributed by atoms with Crippen LogP contribution in [0.1, 0.15) is 19.4 Å². The lowest BCUT2D eigenvalue weighted by Gasteiger charge is -2.06. The first kappa shape index (κ1) is 16.4. The van der Waals surface area contributed by atoms with Crippen LogP contribution in [0.2, 0.25) is 0 Å². The Balaban J connectivity index is 1.61. The summed E-state index contributed by atoms with van der Waals surface area (Å²) in [5.41, 5.74) is 1.64. The third kappa shape index (κ3) is 2.72. The Labute approximate surface area is 140 Å². The summed E-state index contributed by atoms with van der Waals surface area (Å²) >= 11 is 0. The molecule has 1 aliphatic carbocycles. The predicted molar refractivity (Wildman–Crippen MR) is 90.0 cm³/mol. The summed E-state index contributed by atoms with van der Waals surface area (Å²) in [6.45, 7) is 4.12. The highest BCUT2D eigenvalue weighted by molar-refractivity contribution is 5.91. The highest BCUT2D eigenvalue weighted by Gasteiger charge is 2.65. The maximum atomic E-state index is 12.2. The minimum absolute atomic E-state index is 0.176. The van der Waals surface area contributed by atoms with Gasteiger partial charge in [0.05, 0.1) is 18.9 Å². The summed E-state index contributed by atoms with van der Waals surface area (Å²) in [6.07, 6.45) is 2.60. The molecule has 0 radical (unpaired) electrons. The van der Waals surface area contributed by atoms with Gasteiger partial charge in [-0.15, -0.1) is 0 Å². The zero-order valence-corrected chi connectivity index (χ0v) is 14.1. The first-order valence-corrected chi connectivity index (χ1v) is 8.00. The summed E-state index contributed by atoms with van der Waals surface area (Å²) in [5, 5.41) is 13.1. The van der Waals surface area contributed by atoms with E-state index in [0.29, 0.717) is 13.0 Å². The van der Waals surface area contributed by atoms with Gasteiger partial charge >= 0.3 is 5.97 Å². The van der Waals surface area contributed by atoms with Crippen molar-refractivity contribution >= 4 is 22.8 Å². The van der Waals surface area contributed by atoms with Gasteiger partial charge in [0.25, 0.3) is 0 Å². The number of aromatic nitrogens is 1. The van der Waals surface area contributed by atoms with Gasteiger partial charge in [-0.2, -0.15) is 0 Å². The molecule has 1 amide bonds. The SMILES string of the molecule is COc1ccc2[nH]cc(CCNC(=O)[C@H]3[C@@H](C(=O)O)C3(C)C)c2c1. The molecule has 0 bridgehead atoms. The molecule has 1 saturated carbocycles. The number of carboxylic acid groups (broad SMARTS) is 1. The van der Waals surface area contributed by atoms with Crippen LogP contribution in [0.25, 0.3) is 10.9 Å². The smallest absolute Gasteiger partial charge is 0.307 e. The van der Waals surface area contributed by atoms with Crippen molar-refractivity contribution in [1.29, 1.82) is 0 Å². The Hall–Kier alpha value is -2.50. The van der Waals surface area contributed by atoms with Crippen LogP contribution in [0.15, 0.2) is 24.4 Å². The number of H-pyrrole nitrogens is 1. The maximum Gasteiger partial charge on any atom is 0.307 e. The number of rotatable bonds is 6. The third-order valence-electron chi connectivity index (χ3n) is 5.04. The molecule has 1 aromatic heterocycles. The molecule has 1 heterocycles. The number of fused-ring (bicyclic) bond motifs is 1. The molecule has 0 aliphatic heterocycles. The van der Waals surface area contributed by atoms with Crippen LogP contribution in [0.4, 0.5) is 0 Å². The van der Waals surface area contributed by atoms with Gasteiger partial charge in [-0.1, -0.05) is 13.8 Å². The Morgan fingerprint density at radius 2 is 2.08 bits per heavy atom. The molecule has 0 saturated heterocycles. The highest BCUT2D eigenvalue weighted by atomic mass is 16.5. The summed E-state index contributed by atoms with van der Waals surface area (Å²) in [7, 11) is 1.63. The van der Waals surface area contributed by atoms with Gasteiger partial charge in [0, 0.05) is 23.6 Å². The molecule has 2 atom stereocenters. The van der Waals surface area contributed by atoms with Gasteiger partial charge in [-0.05, 0) is 35.6 Å². The van der Waals surface area contributed by atoms with Crippen molar-refractivity contribution in [3.8, 4) is 5.75 Å². The molecule has 1 aliphatic rings. The first-order valence-electron chi connectivity index (χ1n) is 8.00. The number of hydrogen-bond donors (Lipinski definition) is 3. The number of aliphatic carboxylic acids is 1. The first-order chi connectivity index (χ1) is 11.4. The molecule has 3 rings (SSSR count). The second-order valence-corrected chi connectivity index (χ2v) is 6.88. The average Bonchev–Trinajstić information content (AvgIpc) is 2.92. The van der Waals surface area contributed by atoms with Crippen molar-refractivity contribution in [2.45, 2.75) is 20.3 Å². The number of ether oxygens (including phenoxy) is 1. The molecule has 1 aromatic carbocycles. The molecule has 128 valence electrons. The fourth-order valence-electron chi connectivity index (χ4n) is 3.51. The van der Waals surface area contributed by atoms with Gasteiger partial charge in [0.15, 0.2) is 0 Å². The molecule has 3 N–H and O–H groups in total. The van der Waals surface area contributed by atoms with E-state index in [2.05, 4.69) is 10.3 Å².